The molecule has 0 aromatic heterocycles. The van der Waals surface area contributed by atoms with E-state index in [1.165, 1.54) is 24.8 Å². The Kier molecular flexibility index (Phi) is 9.32. The standard InChI is InChI=1S/C20H30N4O.C2H6/c1-16-7-9-18(10-8-16)24(19-11-13-21-14-12-19)20(25)23-15-22-17-5-3-2-4-6-17;1-2/h7-10,15,17,19,21H,2-6,11-14H2,1H3,(H,22,23,25);1-2H3. The van der Waals surface area contributed by atoms with Gasteiger partial charge in [0.25, 0.3) is 0 Å². The van der Waals surface area contributed by atoms with E-state index in [9.17, 15) is 4.79 Å². The molecule has 0 bridgehead atoms. The molecule has 3 rings (SSSR count). The van der Waals surface area contributed by atoms with Crippen LogP contribution in [0.2, 0.25) is 0 Å². The molecule has 2 aliphatic rings. The average Bonchev–Trinajstić information content (AvgIpc) is 2.73. The summed E-state index contributed by atoms with van der Waals surface area (Å²) >= 11 is 0. The first-order chi connectivity index (χ1) is 13.2. The highest BCUT2D eigenvalue weighted by Crippen LogP contribution is 2.23. The fraction of sp³-hybridized carbons (Fsp3) is 0.636. The van der Waals surface area contributed by atoms with Gasteiger partial charge in [-0.3, -0.25) is 15.2 Å². The lowest BCUT2D eigenvalue weighted by Gasteiger charge is -2.34. The number of amides is 2. The van der Waals surface area contributed by atoms with Gasteiger partial charge >= 0.3 is 6.03 Å². The molecule has 5 nitrogen and oxygen atoms in total. The summed E-state index contributed by atoms with van der Waals surface area (Å²) in [5, 5.41) is 6.29. The van der Waals surface area contributed by atoms with Crippen LogP contribution in [-0.2, 0) is 0 Å². The number of anilines is 1. The van der Waals surface area contributed by atoms with Gasteiger partial charge in [0.15, 0.2) is 0 Å². The van der Waals surface area contributed by atoms with Gasteiger partial charge in [-0.2, -0.15) is 0 Å². The molecule has 2 fully saturated rings. The molecular weight excluding hydrogens is 336 g/mol. The van der Waals surface area contributed by atoms with Crippen LogP contribution in [0.1, 0.15) is 64.4 Å². The van der Waals surface area contributed by atoms with Crippen LogP contribution in [0.15, 0.2) is 29.3 Å². The lowest BCUT2D eigenvalue weighted by atomic mass is 9.96. The molecule has 1 aliphatic carbocycles. The van der Waals surface area contributed by atoms with Gasteiger partial charge in [0, 0.05) is 11.7 Å². The Morgan fingerprint density at radius 3 is 2.33 bits per heavy atom. The summed E-state index contributed by atoms with van der Waals surface area (Å²) in [5.74, 6) is 0. The van der Waals surface area contributed by atoms with Gasteiger partial charge in [-0.1, -0.05) is 50.8 Å². The molecule has 0 atom stereocenters. The maximum Gasteiger partial charge on any atom is 0.327 e. The Morgan fingerprint density at radius 1 is 1.07 bits per heavy atom. The highest BCUT2D eigenvalue weighted by Gasteiger charge is 2.26. The molecule has 5 heteroatoms. The number of piperidine rings is 1. The summed E-state index contributed by atoms with van der Waals surface area (Å²) in [4.78, 5) is 19.3. The maximum atomic E-state index is 12.9. The second-order valence-electron chi connectivity index (χ2n) is 7.21. The Labute approximate surface area is 164 Å². The Balaban J connectivity index is 0.00000126. The molecule has 1 aromatic rings. The molecule has 0 unspecified atom stereocenters. The van der Waals surface area contributed by atoms with Crippen molar-refractivity contribution in [1.82, 2.24) is 10.6 Å². The van der Waals surface area contributed by atoms with E-state index < -0.39 is 0 Å². The predicted molar refractivity (Wildman–Crippen MR) is 115 cm³/mol. The summed E-state index contributed by atoms with van der Waals surface area (Å²) in [7, 11) is 0. The summed E-state index contributed by atoms with van der Waals surface area (Å²) in [6, 6.07) is 8.73. The van der Waals surface area contributed by atoms with Crippen molar-refractivity contribution in [2.75, 3.05) is 18.0 Å². The molecule has 1 saturated heterocycles. The van der Waals surface area contributed by atoms with Gasteiger partial charge in [-0.25, -0.2) is 4.79 Å². The van der Waals surface area contributed by atoms with Crippen LogP contribution in [0.5, 0.6) is 0 Å². The van der Waals surface area contributed by atoms with Crippen molar-refractivity contribution in [2.45, 2.75) is 77.8 Å². The first-order valence-corrected chi connectivity index (χ1v) is 10.6. The van der Waals surface area contributed by atoms with Gasteiger partial charge in [-0.05, 0) is 57.8 Å². The van der Waals surface area contributed by atoms with E-state index in [1.54, 1.807) is 6.34 Å². The van der Waals surface area contributed by atoms with Crippen LogP contribution in [0.3, 0.4) is 0 Å². The minimum absolute atomic E-state index is 0.0738. The molecule has 0 radical (unpaired) electrons. The molecule has 0 spiro atoms. The SMILES string of the molecule is CC.Cc1ccc(N(C(=O)NC=NC2CCCCC2)C2CCNCC2)cc1. The van der Waals surface area contributed by atoms with E-state index in [2.05, 4.69) is 34.7 Å². The molecule has 1 aromatic carbocycles. The quantitative estimate of drug-likeness (QED) is 0.597. The van der Waals surface area contributed by atoms with Crippen LogP contribution in [0.25, 0.3) is 0 Å². The monoisotopic (exact) mass is 372 g/mol. The fourth-order valence-corrected chi connectivity index (χ4v) is 3.76. The average molecular weight is 373 g/mol. The van der Waals surface area contributed by atoms with Gasteiger partial charge in [0.1, 0.15) is 0 Å². The van der Waals surface area contributed by atoms with Crippen LogP contribution in [-0.4, -0.2) is 37.5 Å². The third-order valence-corrected chi connectivity index (χ3v) is 5.25. The molecule has 1 saturated carbocycles. The number of nitrogens with one attached hydrogen (secondary N) is 2. The van der Waals surface area contributed by atoms with Gasteiger partial charge < -0.3 is 5.32 Å². The van der Waals surface area contributed by atoms with E-state index in [4.69, 9.17) is 0 Å². The highest BCUT2D eigenvalue weighted by molar-refractivity contribution is 5.98. The van der Waals surface area contributed by atoms with E-state index in [0.717, 1.165) is 44.5 Å². The van der Waals surface area contributed by atoms with E-state index in [-0.39, 0.29) is 12.1 Å². The lowest BCUT2D eigenvalue weighted by Crippen LogP contribution is -2.50. The van der Waals surface area contributed by atoms with Gasteiger partial charge in [0.2, 0.25) is 0 Å². The topological polar surface area (TPSA) is 56.7 Å². The number of rotatable bonds is 4. The first kappa shape index (κ1) is 21.4. The Morgan fingerprint density at radius 2 is 1.70 bits per heavy atom. The molecule has 27 heavy (non-hydrogen) atoms. The zero-order valence-electron chi connectivity index (χ0n) is 17.2. The third kappa shape index (κ3) is 6.65. The summed E-state index contributed by atoms with van der Waals surface area (Å²) < 4.78 is 0. The minimum Gasteiger partial charge on any atom is -0.317 e. The number of carbonyl (C=O) groups excluding carboxylic acids is 1. The van der Waals surface area contributed by atoms with Crippen molar-refractivity contribution in [3.05, 3.63) is 29.8 Å². The summed E-state index contributed by atoms with van der Waals surface area (Å²) in [6.07, 6.45) is 9.67. The smallest absolute Gasteiger partial charge is 0.317 e. The van der Waals surface area contributed by atoms with Crippen molar-refractivity contribution in [3.63, 3.8) is 0 Å². The molecule has 2 amide bonds. The zero-order valence-corrected chi connectivity index (χ0v) is 17.2. The number of urea groups is 1. The van der Waals surface area contributed by atoms with Gasteiger partial charge in [0.05, 0.1) is 12.4 Å². The van der Waals surface area contributed by atoms with E-state index in [1.807, 2.05) is 30.9 Å². The number of hydrogen-bond acceptors (Lipinski definition) is 3. The number of benzene rings is 1. The molecule has 1 heterocycles. The van der Waals surface area contributed by atoms with Crippen LogP contribution in [0, 0.1) is 6.92 Å². The minimum atomic E-state index is -0.0738. The summed E-state index contributed by atoms with van der Waals surface area (Å²) in [5.41, 5.74) is 2.16. The molecular formula is C22H36N4O. The Hall–Kier alpha value is -1.88. The number of aryl methyl sites for hydroxylation is 1. The predicted octanol–water partition coefficient (Wildman–Crippen LogP) is 4.65. The normalized spacial score (nSPS) is 18.6. The third-order valence-electron chi connectivity index (χ3n) is 5.25. The lowest BCUT2D eigenvalue weighted by molar-refractivity contribution is 0.246. The van der Waals surface area contributed by atoms with Crippen molar-refractivity contribution in [3.8, 4) is 0 Å². The molecule has 1 aliphatic heterocycles. The number of hydrogen-bond donors (Lipinski definition) is 2. The van der Waals surface area contributed by atoms with Crippen LogP contribution >= 0.6 is 0 Å². The number of nitrogens with zero attached hydrogens (tertiary/aromatic N) is 2. The zero-order chi connectivity index (χ0) is 19.5. The summed E-state index contributed by atoms with van der Waals surface area (Å²) in [6.45, 7) is 7.97. The van der Waals surface area contributed by atoms with Crippen molar-refractivity contribution in [2.24, 2.45) is 4.99 Å². The number of aliphatic imine (C=N–C) groups is 1. The second kappa shape index (κ2) is 11.8. The molecule has 150 valence electrons. The Bertz CT molecular complexity index is 572. The largest absolute Gasteiger partial charge is 0.327 e. The maximum absolute atomic E-state index is 12.9. The van der Waals surface area contributed by atoms with Gasteiger partial charge in [-0.15, -0.1) is 0 Å². The van der Waals surface area contributed by atoms with Crippen molar-refractivity contribution < 1.29 is 4.79 Å². The van der Waals surface area contributed by atoms with E-state index in [0.29, 0.717) is 6.04 Å². The van der Waals surface area contributed by atoms with Crippen LogP contribution < -0.4 is 15.5 Å². The molecule has 2 N–H and O–H groups in total. The highest BCUT2D eigenvalue weighted by atomic mass is 16.2. The first-order valence-electron chi connectivity index (χ1n) is 10.6. The van der Waals surface area contributed by atoms with Crippen molar-refractivity contribution >= 4 is 18.1 Å². The van der Waals surface area contributed by atoms with Crippen molar-refractivity contribution in [1.29, 1.82) is 0 Å². The van der Waals surface area contributed by atoms with Crippen LogP contribution in [0.4, 0.5) is 10.5 Å². The second-order valence-corrected chi connectivity index (χ2v) is 7.21. The fourth-order valence-electron chi connectivity index (χ4n) is 3.76. The van der Waals surface area contributed by atoms with E-state index >= 15 is 0 Å². The number of carbonyl (C=O) groups is 1.